The van der Waals surface area contributed by atoms with Gasteiger partial charge in [-0.15, -0.1) is 0 Å². The van der Waals surface area contributed by atoms with E-state index in [9.17, 15) is 15.0 Å². The van der Waals surface area contributed by atoms with E-state index in [1.807, 2.05) is 0 Å². The van der Waals surface area contributed by atoms with E-state index in [1.165, 1.54) is 25.7 Å². The maximum absolute atomic E-state index is 12.7. The number of rotatable bonds is 4. The van der Waals surface area contributed by atoms with Crippen molar-refractivity contribution in [2.24, 2.45) is 34.5 Å². The molecular formula is C31H53N3O4. The molecule has 7 heteroatoms. The number of carbonyl (C=O) groups is 1. The van der Waals surface area contributed by atoms with Crippen LogP contribution in [0.25, 0.3) is 0 Å². The van der Waals surface area contributed by atoms with Gasteiger partial charge in [0, 0.05) is 64.2 Å². The second-order valence-electron chi connectivity index (χ2n) is 14.5. The molecule has 6 aliphatic rings. The Morgan fingerprint density at radius 2 is 1.61 bits per heavy atom. The van der Waals surface area contributed by atoms with Gasteiger partial charge in [-0.2, -0.15) is 0 Å². The maximum atomic E-state index is 12.7. The van der Waals surface area contributed by atoms with E-state index >= 15 is 0 Å². The molecule has 0 radical (unpaired) electrons. The molecule has 0 aromatic heterocycles. The third kappa shape index (κ3) is 4.76. The molecule has 4 saturated carbocycles. The van der Waals surface area contributed by atoms with Crippen molar-refractivity contribution in [3.63, 3.8) is 0 Å². The molecule has 4 aliphatic carbocycles. The Morgan fingerprint density at radius 3 is 2.32 bits per heavy atom. The number of ether oxygens (including phenoxy) is 1. The lowest BCUT2D eigenvalue weighted by Gasteiger charge is -2.61. The number of hydrogen-bond donors (Lipinski definition) is 2. The molecule has 0 aromatic rings. The van der Waals surface area contributed by atoms with E-state index < -0.39 is 0 Å². The topological polar surface area (TPSA) is 76.5 Å². The van der Waals surface area contributed by atoms with Gasteiger partial charge in [-0.05, 0) is 100 Å². The van der Waals surface area contributed by atoms with Gasteiger partial charge >= 0.3 is 5.97 Å². The largest absolute Gasteiger partial charge is 0.460 e. The molecule has 2 N–H and O–H groups in total. The first-order valence-corrected chi connectivity index (χ1v) is 15.9. The highest BCUT2D eigenvalue weighted by molar-refractivity contribution is 5.66. The minimum absolute atomic E-state index is 0.000518. The number of nitrogens with zero attached hydrogens (tertiary/aromatic N) is 3. The van der Waals surface area contributed by atoms with E-state index in [2.05, 4.69) is 28.7 Å². The van der Waals surface area contributed by atoms with Crippen LogP contribution in [0.15, 0.2) is 0 Å². The zero-order chi connectivity index (χ0) is 26.7. The summed E-state index contributed by atoms with van der Waals surface area (Å²) in [5.74, 6) is 2.52. The number of fused-ring (bicyclic) bond motifs is 5. The number of aliphatic hydroxyl groups excluding tert-OH is 2. The van der Waals surface area contributed by atoms with E-state index in [0.29, 0.717) is 29.2 Å². The average molecular weight is 532 g/mol. The number of piperidine rings is 1. The highest BCUT2D eigenvalue weighted by Gasteiger charge is 2.66. The molecule has 2 saturated heterocycles. The molecular weight excluding hydrogens is 478 g/mol. The molecule has 0 amide bonds. The number of hydrogen-bond acceptors (Lipinski definition) is 7. The van der Waals surface area contributed by atoms with Crippen molar-refractivity contribution in [3.8, 4) is 0 Å². The molecule has 0 spiro atoms. The van der Waals surface area contributed by atoms with Crippen LogP contribution >= 0.6 is 0 Å². The van der Waals surface area contributed by atoms with Crippen molar-refractivity contribution in [2.45, 2.75) is 102 Å². The molecule has 0 unspecified atom stereocenters. The van der Waals surface area contributed by atoms with Crippen LogP contribution in [-0.4, -0.2) is 108 Å². The zero-order valence-corrected chi connectivity index (χ0v) is 24.2. The Balaban J connectivity index is 1.34. The van der Waals surface area contributed by atoms with Crippen LogP contribution in [0.1, 0.15) is 78.1 Å². The summed E-state index contributed by atoms with van der Waals surface area (Å²) in [5.41, 5.74) is 0.340. The maximum Gasteiger partial charge on any atom is 0.302 e. The Kier molecular flexibility index (Phi) is 7.65. The molecule has 0 aromatic carbocycles. The van der Waals surface area contributed by atoms with Crippen LogP contribution in [0.2, 0.25) is 0 Å². The third-order valence-electron chi connectivity index (χ3n) is 12.7. The molecule has 0 bridgehead atoms. The summed E-state index contributed by atoms with van der Waals surface area (Å²) in [6.07, 6.45) is 10.6. The van der Waals surface area contributed by atoms with E-state index in [-0.39, 0.29) is 29.7 Å². The quantitative estimate of drug-likeness (QED) is 0.540. The van der Waals surface area contributed by atoms with E-state index in [4.69, 9.17) is 4.74 Å². The van der Waals surface area contributed by atoms with Gasteiger partial charge < -0.3 is 24.7 Å². The van der Waals surface area contributed by atoms with Crippen molar-refractivity contribution in [1.82, 2.24) is 14.7 Å². The van der Waals surface area contributed by atoms with Gasteiger partial charge in [-0.3, -0.25) is 9.69 Å². The van der Waals surface area contributed by atoms with Crippen LogP contribution in [0.5, 0.6) is 0 Å². The molecule has 6 fully saturated rings. The Morgan fingerprint density at radius 1 is 0.868 bits per heavy atom. The lowest BCUT2D eigenvalue weighted by atomic mass is 9.45. The predicted molar refractivity (Wildman–Crippen MR) is 148 cm³/mol. The summed E-state index contributed by atoms with van der Waals surface area (Å²) in [7, 11) is 2.21. The molecule has 216 valence electrons. The van der Waals surface area contributed by atoms with Crippen LogP contribution in [0.3, 0.4) is 0 Å². The fourth-order valence-corrected chi connectivity index (χ4v) is 10.7. The molecule has 7 nitrogen and oxygen atoms in total. The summed E-state index contributed by atoms with van der Waals surface area (Å²) in [6, 6.07) is 0.311. The Labute approximate surface area is 230 Å². The smallest absolute Gasteiger partial charge is 0.302 e. The minimum atomic E-state index is -0.168. The van der Waals surface area contributed by atoms with Gasteiger partial charge in [0.2, 0.25) is 0 Å². The summed E-state index contributed by atoms with van der Waals surface area (Å²) in [5, 5.41) is 20.7. The van der Waals surface area contributed by atoms with Crippen molar-refractivity contribution in [3.05, 3.63) is 0 Å². The molecule has 6 rings (SSSR count). The van der Waals surface area contributed by atoms with Crippen LogP contribution < -0.4 is 0 Å². The van der Waals surface area contributed by atoms with Crippen molar-refractivity contribution in [1.29, 1.82) is 0 Å². The van der Waals surface area contributed by atoms with Gasteiger partial charge in [0.05, 0.1) is 12.2 Å². The lowest BCUT2D eigenvalue weighted by molar-refractivity contribution is -0.173. The van der Waals surface area contributed by atoms with E-state index in [0.717, 1.165) is 90.3 Å². The first kappa shape index (κ1) is 27.4. The molecule has 38 heavy (non-hydrogen) atoms. The highest BCUT2D eigenvalue weighted by Crippen LogP contribution is 2.67. The van der Waals surface area contributed by atoms with E-state index in [1.54, 1.807) is 6.92 Å². The normalized spacial score (nSPS) is 47.2. The first-order chi connectivity index (χ1) is 18.2. The standard InChI is InChI=1S/C31H53N3O4/c1-21(35)38-29-28(34-16-14-32(3)15-17-34)19-27-25-5-4-22-18-24(37)6-10-30(22,2)26(25)7-11-31(27,29)20-33-12-8-23(36)9-13-33/h22-29,36-37H,4-20H2,1-3H3/t22-,24+,25+,26-,27-,28-,29-,30-,31+/m0/s1. The number of piperazine rings is 1. The van der Waals surface area contributed by atoms with Gasteiger partial charge in [0.1, 0.15) is 6.10 Å². The van der Waals surface area contributed by atoms with Crippen molar-refractivity contribution < 1.29 is 19.7 Å². The summed E-state index contributed by atoms with van der Waals surface area (Å²) < 4.78 is 6.46. The molecule has 2 heterocycles. The summed E-state index contributed by atoms with van der Waals surface area (Å²) in [4.78, 5) is 20.4. The summed E-state index contributed by atoms with van der Waals surface area (Å²) in [6.45, 7) is 11.4. The number of esters is 1. The predicted octanol–water partition coefficient (Wildman–Crippen LogP) is 2.98. The zero-order valence-electron chi connectivity index (χ0n) is 24.2. The van der Waals surface area contributed by atoms with Crippen molar-refractivity contribution in [2.75, 3.05) is 52.9 Å². The fourth-order valence-electron chi connectivity index (χ4n) is 10.7. The Bertz CT molecular complexity index is 856. The Hall–Kier alpha value is -0.730. The number of likely N-dealkylation sites (tertiary alicyclic amines) is 1. The number of likely N-dealkylation sites (N-methyl/N-ethyl adjacent to an activating group) is 1. The third-order valence-corrected chi connectivity index (χ3v) is 12.7. The minimum Gasteiger partial charge on any atom is -0.460 e. The number of carbonyl (C=O) groups excluding carboxylic acids is 1. The number of aliphatic hydroxyl groups is 2. The fraction of sp³-hybridized carbons (Fsp3) is 0.968. The summed E-state index contributed by atoms with van der Waals surface area (Å²) >= 11 is 0. The van der Waals surface area contributed by atoms with Crippen LogP contribution in [0, 0.1) is 34.5 Å². The lowest BCUT2D eigenvalue weighted by Crippen LogP contribution is -2.60. The highest BCUT2D eigenvalue weighted by atomic mass is 16.5. The van der Waals surface area contributed by atoms with Gasteiger partial charge in [-0.1, -0.05) is 6.92 Å². The van der Waals surface area contributed by atoms with Gasteiger partial charge in [0.25, 0.3) is 0 Å². The van der Waals surface area contributed by atoms with Gasteiger partial charge in [0.15, 0.2) is 0 Å². The molecule has 9 atom stereocenters. The second kappa shape index (κ2) is 10.6. The molecule has 2 aliphatic heterocycles. The van der Waals surface area contributed by atoms with Crippen molar-refractivity contribution >= 4 is 5.97 Å². The SMILES string of the molecule is CC(=O)O[C@H]1[C@@H](N2CCN(C)CC2)C[C@H]2[C@@H]3CC[C@H]4C[C@H](O)CC[C@]4(C)[C@H]3CC[C@@]21CN1CCC(O)CC1. The average Bonchev–Trinajstić information content (AvgIpc) is 3.20. The second-order valence-corrected chi connectivity index (χ2v) is 14.5. The van der Waals surface area contributed by atoms with Crippen LogP contribution in [-0.2, 0) is 9.53 Å². The first-order valence-electron chi connectivity index (χ1n) is 15.9. The van der Waals surface area contributed by atoms with Crippen LogP contribution in [0.4, 0.5) is 0 Å². The van der Waals surface area contributed by atoms with Gasteiger partial charge in [-0.25, -0.2) is 0 Å². The monoisotopic (exact) mass is 531 g/mol.